The van der Waals surface area contributed by atoms with E-state index in [1.807, 2.05) is 6.92 Å². The van der Waals surface area contributed by atoms with E-state index in [0.29, 0.717) is 6.42 Å². The van der Waals surface area contributed by atoms with E-state index >= 15 is 0 Å². The van der Waals surface area contributed by atoms with Crippen LogP contribution in [0, 0.1) is 0 Å². The van der Waals surface area contributed by atoms with Crippen molar-refractivity contribution in [1.82, 2.24) is 5.43 Å². The predicted octanol–water partition coefficient (Wildman–Crippen LogP) is 2.53. The SMILES string of the molecule is CCC(=NNC(=O)c1ccco1)c1ccc(O)cc1. The molecule has 0 unspecified atom stereocenters. The van der Waals surface area contributed by atoms with Gasteiger partial charge in [0, 0.05) is 0 Å². The summed E-state index contributed by atoms with van der Waals surface area (Å²) in [5.41, 5.74) is 4.01. The molecule has 0 fully saturated rings. The van der Waals surface area contributed by atoms with Crippen LogP contribution in [0.3, 0.4) is 0 Å². The molecule has 0 atom stereocenters. The van der Waals surface area contributed by atoms with Crippen molar-refractivity contribution in [3.63, 3.8) is 0 Å². The molecule has 2 rings (SSSR count). The fraction of sp³-hybridized carbons (Fsp3) is 0.143. The van der Waals surface area contributed by atoms with Crippen LogP contribution in [-0.4, -0.2) is 16.7 Å². The van der Waals surface area contributed by atoms with Crippen molar-refractivity contribution in [2.24, 2.45) is 5.10 Å². The molecule has 5 nitrogen and oxygen atoms in total. The van der Waals surface area contributed by atoms with Crippen LogP contribution < -0.4 is 5.43 Å². The summed E-state index contributed by atoms with van der Waals surface area (Å²) in [7, 11) is 0. The number of hydrogen-bond acceptors (Lipinski definition) is 4. The molecule has 0 aliphatic carbocycles. The standard InChI is InChI=1S/C14H14N2O3/c1-2-12(10-5-7-11(17)8-6-10)15-16-14(18)13-4-3-9-19-13/h3-9,17H,2H2,1H3,(H,16,18). The van der Waals surface area contributed by atoms with Crippen molar-refractivity contribution >= 4 is 11.6 Å². The Morgan fingerprint density at radius 2 is 2.05 bits per heavy atom. The zero-order valence-corrected chi connectivity index (χ0v) is 10.5. The first-order valence-electron chi connectivity index (χ1n) is 5.90. The number of amides is 1. The average molecular weight is 258 g/mol. The van der Waals surface area contributed by atoms with E-state index in [4.69, 9.17) is 4.42 Å². The van der Waals surface area contributed by atoms with E-state index in [1.54, 1.807) is 36.4 Å². The first-order chi connectivity index (χ1) is 9.20. The number of phenols is 1. The number of hydrazone groups is 1. The molecule has 1 heterocycles. The topological polar surface area (TPSA) is 74.8 Å². The largest absolute Gasteiger partial charge is 0.508 e. The molecule has 0 radical (unpaired) electrons. The molecule has 1 aromatic carbocycles. The van der Waals surface area contributed by atoms with Crippen LogP contribution in [0.4, 0.5) is 0 Å². The van der Waals surface area contributed by atoms with Crippen molar-refractivity contribution in [1.29, 1.82) is 0 Å². The summed E-state index contributed by atoms with van der Waals surface area (Å²) in [5, 5.41) is 13.3. The summed E-state index contributed by atoms with van der Waals surface area (Å²) in [6.07, 6.45) is 2.09. The predicted molar refractivity (Wildman–Crippen MR) is 71.1 cm³/mol. The number of carbonyl (C=O) groups excluding carboxylic acids is 1. The third-order valence-corrected chi connectivity index (χ3v) is 2.57. The van der Waals surface area contributed by atoms with Gasteiger partial charge in [-0.15, -0.1) is 0 Å². The van der Waals surface area contributed by atoms with Crippen LogP contribution >= 0.6 is 0 Å². The van der Waals surface area contributed by atoms with Crippen LogP contribution in [0.5, 0.6) is 5.75 Å². The summed E-state index contributed by atoms with van der Waals surface area (Å²) in [4.78, 5) is 11.7. The highest BCUT2D eigenvalue weighted by atomic mass is 16.3. The Labute approximate surface area is 110 Å². The van der Waals surface area contributed by atoms with Gasteiger partial charge in [-0.3, -0.25) is 4.79 Å². The van der Waals surface area contributed by atoms with Crippen LogP contribution in [0.25, 0.3) is 0 Å². The summed E-state index contributed by atoms with van der Waals surface area (Å²) in [6.45, 7) is 1.94. The van der Waals surface area contributed by atoms with E-state index < -0.39 is 5.91 Å². The molecule has 0 bridgehead atoms. The maximum absolute atomic E-state index is 11.7. The smallest absolute Gasteiger partial charge is 0.307 e. The Morgan fingerprint density at radius 1 is 1.32 bits per heavy atom. The first-order valence-corrected chi connectivity index (χ1v) is 5.90. The van der Waals surface area contributed by atoms with E-state index in [2.05, 4.69) is 10.5 Å². The fourth-order valence-corrected chi connectivity index (χ4v) is 1.58. The minimum absolute atomic E-state index is 0.193. The van der Waals surface area contributed by atoms with Gasteiger partial charge in [-0.2, -0.15) is 5.10 Å². The Morgan fingerprint density at radius 3 is 2.63 bits per heavy atom. The number of hydrogen-bond donors (Lipinski definition) is 2. The monoisotopic (exact) mass is 258 g/mol. The molecule has 0 aliphatic rings. The summed E-state index contributed by atoms with van der Waals surface area (Å²) >= 11 is 0. The second-order valence-corrected chi connectivity index (χ2v) is 3.88. The van der Waals surface area contributed by atoms with Crippen molar-refractivity contribution in [3.05, 3.63) is 54.0 Å². The number of furan rings is 1. The average Bonchev–Trinajstić information content (AvgIpc) is 2.95. The van der Waals surface area contributed by atoms with Crippen molar-refractivity contribution in [2.75, 3.05) is 0 Å². The molecular weight excluding hydrogens is 244 g/mol. The van der Waals surface area contributed by atoms with Gasteiger partial charge >= 0.3 is 5.91 Å². The highest BCUT2D eigenvalue weighted by Gasteiger charge is 2.08. The third kappa shape index (κ3) is 3.22. The molecule has 0 spiro atoms. The number of benzene rings is 1. The van der Waals surface area contributed by atoms with Gasteiger partial charge in [-0.05, 0) is 48.4 Å². The van der Waals surface area contributed by atoms with Crippen molar-refractivity contribution in [3.8, 4) is 5.75 Å². The molecule has 1 aromatic heterocycles. The van der Waals surface area contributed by atoms with Gasteiger partial charge in [-0.1, -0.05) is 6.92 Å². The van der Waals surface area contributed by atoms with E-state index in [0.717, 1.165) is 11.3 Å². The number of nitrogens with one attached hydrogen (secondary N) is 1. The van der Waals surface area contributed by atoms with Crippen molar-refractivity contribution < 1.29 is 14.3 Å². The first kappa shape index (κ1) is 12.9. The minimum Gasteiger partial charge on any atom is -0.508 e. The molecule has 2 N–H and O–H groups in total. The quantitative estimate of drug-likeness (QED) is 0.653. The van der Waals surface area contributed by atoms with Gasteiger partial charge in [0.25, 0.3) is 0 Å². The lowest BCUT2D eigenvalue weighted by molar-refractivity contribution is 0.0927. The van der Waals surface area contributed by atoms with Crippen LogP contribution in [0.15, 0.2) is 52.2 Å². The van der Waals surface area contributed by atoms with E-state index in [1.165, 1.54) is 6.26 Å². The summed E-state index contributed by atoms with van der Waals surface area (Å²) in [6, 6.07) is 9.85. The second-order valence-electron chi connectivity index (χ2n) is 3.88. The van der Waals surface area contributed by atoms with Crippen LogP contribution in [0.2, 0.25) is 0 Å². The maximum atomic E-state index is 11.7. The third-order valence-electron chi connectivity index (χ3n) is 2.57. The van der Waals surface area contributed by atoms with Crippen LogP contribution in [0.1, 0.15) is 29.5 Å². The Kier molecular flexibility index (Phi) is 3.97. The molecule has 0 saturated heterocycles. The van der Waals surface area contributed by atoms with Gasteiger partial charge in [-0.25, -0.2) is 5.43 Å². The zero-order valence-electron chi connectivity index (χ0n) is 10.5. The highest BCUT2D eigenvalue weighted by Crippen LogP contribution is 2.11. The molecule has 2 aromatic rings. The molecular formula is C14H14N2O3. The van der Waals surface area contributed by atoms with Crippen LogP contribution in [-0.2, 0) is 0 Å². The number of rotatable bonds is 4. The highest BCUT2D eigenvalue weighted by molar-refractivity contribution is 6.01. The zero-order chi connectivity index (χ0) is 13.7. The summed E-state index contributed by atoms with van der Waals surface area (Å²) < 4.78 is 4.97. The Bertz CT molecular complexity index is 571. The second kappa shape index (κ2) is 5.86. The number of carbonyl (C=O) groups is 1. The van der Waals surface area contributed by atoms with Gasteiger partial charge < -0.3 is 9.52 Å². The van der Waals surface area contributed by atoms with E-state index in [-0.39, 0.29) is 11.5 Å². The van der Waals surface area contributed by atoms with Crippen molar-refractivity contribution in [2.45, 2.75) is 13.3 Å². The Hall–Kier alpha value is -2.56. The lowest BCUT2D eigenvalue weighted by atomic mass is 10.1. The van der Waals surface area contributed by atoms with Gasteiger partial charge in [0.1, 0.15) is 5.75 Å². The normalized spacial score (nSPS) is 11.3. The maximum Gasteiger partial charge on any atom is 0.307 e. The molecule has 19 heavy (non-hydrogen) atoms. The van der Waals surface area contributed by atoms with Gasteiger partial charge in [0.2, 0.25) is 0 Å². The molecule has 98 valence electrons. The molecule has 0 aliphatic heterocycles. The number of phenolic OH excluding ortho intramolecular Hbond substituents is 1. The number of nitrogens with zero attached hydrogens (tertiary/aromatic N) is 1. The molecule has 0 saturated carbocycles. The lowest BCUT2D eigenvalue weighted by Crippen LogP contribution is -2.19. The van der Waals surface area contributed by atoms with Gasteiger partial charge in [0.05, 0.1) is 12.0 Å². The Balaban J connectivity index is 2.11. The molecule has 1 amide bonds. The summed E-state index contributed by atoms with van der Waals surface area (Å²) in [5.74, 6) is 0.0125. The fourth-order valence-electron chi connectivity index (χ4n) is 1.58. The molecule has 5 heteroatoms. The minimum atomic E-state index is -0.394. The lowest BCUT2D eigenvalue weighted by Gasteiger charge is -2.04. The number of aromatic hydroxyl groups is 1. The van der Waals surface area contributed by atoms with E-state index in [9.17, 15) is 9.90 Å². The van der Waals surface area contributed by atoms with Gasteiger partial charge in [0.15, 0.2) is 5.76 Å².